The molecular formula is C17H17BrN2O3S. The Hall–Kier alpha value is -1.86. The van der Waals surface area contributed by atoms with Gasteiger partial charge in [-0.25, -0.2) is 12.4 Å². The standard InChI is InChI=1S/C17H17BrN2O3S/c18-11-4-5-12-19-15-10-13-20(16(15)8-9-17(19)21)24(22,23)14-6-2-1-3-7-14/h1-3,6-10,13H,4-5,11-12H2. The van der Waals surface area contributed by atoms with Gasteiger partial charge in [0.15, 0.2) is 0 Å². The van der Waals surface area contributed by atoms with Gasteiger partial charge < -0.3 is 4.57 Å². The smallest absolute Gasteiger partial charge is 0.268 e. The van der Waals surface area contributed by atoms with Crippen molar-refractivity contribution in [1.82, 2.24) is 8.54 Å². The molecule has 2 heterocycles. The fourth-order valence-electron chi connectivity index (χ4n) is 2.67. The lowest BCUT2D eigenvalue weighted by atomic mass is 10.3. The third kappa shape index (κ3) is 3.06. The minimum atomic E-state index is -3.68. The van der Waals surface area contributed by atoms with Crippen LogP contribution in [0.4, 0.5) is 0 Å². The first-order valence-electron chi connectivity index (χ1n) is 7.63. The van der Waals surface area contributed by atoms with Gasteiger partial charge in [0.25, 0.3) is 15.6 Å². The maximum absolute atomic E-state index is 12.8. The van der Waals surface area contributed by atoms with Crippen LogP contribution in [-0.4, -0.2) is 22.3 Å². The van der Waals surface area contributed by atoms with Crippen LogP contribution in [0, 0.1) is 0 Å². The van der Waals surface area contributed by atoms with Crippen molar-refractivity contribution in [2.24, 2.45) is 0 Å². The van der Waals surface area contributed by atoms with Crippen LogP contribution in [0.15, 0.2) is 64.4 Å². The topological polar surface area (TPSA) is 61.1 Å². The Morgan fingerprint density at radius 2 is 1.67 bits per heavy atom. The number of fused-ring (bicyclic) bond motifs is 1. The quantitative estimate of drug-likeness (QED) is 0.464. The monoisotopic (exact) mass is 408 g/mol. The molecule has 0 saturated carbocycles. The summed E-state index contributed by atoms with van der Waals surface area (Å²) in [6, 6.07) is 13.0. The van der Waals surface area contributed by atoms with Crippen LogP contribution >= 0.6 is 15.9 Å². The van der Waals surface area contributed by atoms with E-state index in [4.69, 9.17) is 0 Å². The van der Waals surface area contributed by atoms with Gasteiger partial charge in [0.2, 0.25) is 0 Å². The number of hydrogen-bond acceptors (Lipinski definition) is 3. The Labute approximate surface area is 148 Å². The van der Waals surface area contributed by atoms with Crippen LogP contribution in [-0.2, 0) is 16.6 Å². The van der Waals surface area contributed by atoms with Crippen LogP contribution in [0.3, 0.4) is 0 Å². The molecule has 0 saturated heterocycles. The number of aryl methyl sites for hydroxylation is 1. The van der Waals surface area contributed by atoms with E-state index >= 15 is 0 Å². The van der Waals surface area contributed by atoms with Gasteiger partial charge in [-0.05, 0) is 37.1 Å². The Kier molecular flexibility index (Phi) is 4.91. The van der Waals surface area contributed by atoms with Gasteiger partial charge in [0.1, 0.15) is 0 Å². The highest BCUT2D eigenvalue weighted by atomic mass is 79.9. The molecule has 0 radical (unpaired) electrons. The predicted molar refractivity (Wildman–Crippen MR) is 98.3 cm³/mol. The van der Waals surface area contributed by atoms with Crippen molar-refractivity contribution in [2.45, 2.75) is 24.3 Å². The first kappa shape index (κ1) is 17.0. The predicted octanol–water partition coefficient (Wildman–Crippen LogP) is 3.22. The van der Waals surface area contributed by atoms with Crippen molar-refractivity contribution < 1.29 is 8.42 Å². The van der Waals surface area contributed by atoms with Crippen LogP contribution in [0.25, 0.3) is 11.0 Å². The zero-order valence-corrected chi connectivity index (χ0v) is 15.3. The van der Waals surface area contributed by atoms with E-state index < -0.39 is 10.0 Å². The highest BCUT2D eigenvalue weighted by molar-refractivity contribution is 9.09. The largest absolute Gasteiger partial charge is 0.307 e. The lowest BCUT2D eigenvalue weighted by Gasteiger charge is -2.10. The number of unbranched alkanes of at least 4 members (excludes halogenated alkanes) is 1. The summed E-state index contributed by atoms with van der Waals surface area (Å²) in [5.74, 6) is 0. The number of pyridine rings is 1. The zero-order valence-electron chi connectivity index (χ0n) is 12.9. The van der Waals surface area contributed by atoms with Crippen molar-refractivity contribution in [3.8, 4) is 0 Å². The second-order valence-corrected chi connectivity index (χ2v) is 8.03. The Morgan fingerprint density at radius 1 is 0.917 bits per heavy atom. The number of aromatic nitrogens is 2. The number of alkyl halides is 1. The van der Waals surface area contributed by atoms with Crippen molar-refractivity contribution in [2.75, 3.05) is 5.33 Å². The Bertz CT molecular complexity index is 1010. The first-order chi connectivity index (χ1) is 11.6. The minimum Gasteiger partial charge on any atom is -0.307 e. The number of benzene rings is 1. The summed E-state index contributed by atoms with van der Waals surface area (Å²) in [6.07, 6.45) is 3.31. The summed E-state index contributed by atoms with van der Waals surface area (Å²) in [7, 11) is -3.68. The van der Waals surface area contributed by atoms with Gasteiger partial charge >= 0.3 is 0 Å². The van der Waals surface area contributed by atoms with E-state index in [2.05, 4.69) is 15.9 Å². The molecule has 0 bridgehead atoms. The summed E-state index contributed by atoms with van der Waals surface area (Å²) in [6.45, 7) is 0.567. The molecule has 126 valence electrons. The normalized spacial score (nSPS) is 11.9. The molecule has 2 aromatic heterocycles. The Balaban J connectivity index is 2.12. The molecule has 0 aliphatic heterocycles. The van der Waals surface area contributed by atoms with Crippen molar-refractivity contribution >= 4 is 37.0 Å². The minimum absolute atomic E-state index is 0.119. The summed E-state index contributed by atoms with van der Waals surface area (Å²) in [5, 5.41) is 0.876. The van der Waals surface area contributed by atoms with Crippen LogP contribution in [0.2, 0.25) is 0 Å². The molecule has 7 heteroatoms. The van der Waals surface area contributed by atoms with Crippen LogP contribution in [0.5, 0.6) is 0 Å². The highest BCUT2D eigenvalue weighted by Gasteiger charge is 2.19. The number of nitrogens with zero attached hydrogens (tertiary/aromatic N) is 2. The third-order valence-corrected chi connectivity index (χ3v) is 6.14. The Morgan fingerprint density at radius 3 is 2.38 bits per heavy atom. The molecule has 1 aromatic carbocycles. The van der Waals surface area contributed by atoms with E-state index in [0.717, 1.165) is 18.2 Å². The van der Waals surface area contributed by atoms with Crippen LogP contribution in [0.1, 0.15) is 12.8 Å². The molecule has 0 aliphatic rings. The van der Waals surface area contributed by atoms with Crippen molar-refractivity contribution in [3.05, 3.63) is 65.1 Å². The van der Waals surface area contributed by atoms with E-state index in [1.807, 2.05) is 0 Å². The molecule has 0 unspecified atom stereocenters. The number of hydrogen-bond donors (Lipinski definition) is 0. The molecule has 0 aliphatic carbocycles. The second-order valence-electron chi connectivity index (χ2n) is 5.42. The fourth-order valence-corrected chi connectivity index (χ4v) is 4.43. The average Bonchev–Trinajstić information content (AvgIpc) is 3.03. The first-order valence-corrected chi connectivity index (χ1v) is 10.2. The second kappa shape index (κ2) is 6.94. The molecule has 0 amide bonds. The van der Waals surface area contributed by atoms with Gasteiger partial charge in [-0.15, -0.1) is 0 Å². The molecule has 0 spiro atoms. The molecule has 3 aromatic rings. The summed E-state index contributed by atoms with van der Waals surface area (Å²) < 4.78 is 28.5. The van der Waals surface area contributed by atoms with E-state index in [1.54, 1.807) is 47.0 Å². The van der Waals surface area contributed by atoms with Gasteiger partial charge in [0, 0.05) is 24.1 Å². The van der Waals surface area contributed by atoms with E-state index in [-0.39, 0.29) is 10.5 Å². The number of rotatable bonds is 6. The third-order valence-electron chi connectivity index (χ3n) is 3.87. The fraction of sp³-hybridized carbons (Fsp3) is 0.235. The average molecular weight is 409 g/mol. The van der Waals surface area contributed by atoms with Gasteiger partial charge in [0.05, 0.1) is 15.9 Å². The maximum Gasteiger partial charge on any atom is 0.268 e. The molecule has 0 N–H and O–H groups in total. The molecular weight excluding hydrogens is 392 g/mol. The van der Waals surface area contributed by atoms with Crippen molar-refractivity contribution in [3.63, 3.8) is 0 Å². The summed E-state index contributed by atoms with van der Waals surface area (Å²) >= 11 is 3.38. The van der Waals surface area contributed by atoms with Gasteiger partial charge in [-0.3, -0.25) is 4.79 Å². The SMILES string of the molecule is O=c1ccc2c(ccn2S(=O)(=O)c2ccccc2)n1CCCCBr. The molecule has 24 heavy (non-hydrogen) atoms. The summed E-state index contributed by atoms with van der Waals surface area (Å²) in [5.41, 5.74) is 1.03. The lowest BCUT2D eigenvalue weighted by Crippen LogP contribution is -2.20. The van der Waals surface area contributed by atoms with Crippen LogP contribution < -0.4 is 5.56 Å². The van der Waals surface area contributed by atoms with E-state index in [0.29, 0.717) is 17.6 Å². The maximum atomic E-state index is 12.8. The highest BCUT2D eigenvalue weighted by Crippen LogP contribution is 2.21. The molecule has 0 atom stereocenters. The van der Waals surface area contributed by atoms with Gasteiger partial charge in [-0.2, -0.15) is 0 Å². The van der Waals surface area contributed by atoms with E-state index in [1.165, 1.54) is 16.2 Å². The molecule has 0 fully saturated rings. The van der Waals surface area contributed by atoms with E-state index in [9.17, 15) is 13.2 Å². The molecule has 3 rings (SSSR count). The zero-order chi connectivity index (χ0) is 17.2. The molecule has 5 nitrogen and oxygen atoms in total. The summed E-state index contributed by atoms with van der Waals surface area (Å²) in [4.78, 5) is 12.4. The van der Waals surface area contributed by atoms with Gasteiger partial charge in [-0.1, -0.05) is 34.1 Å². The van der Waals surface area contributed by atoms with Crippen molar-refractivity contribution in [1.29, 1.82) is 0 Å². The number of halogens is 1. The lowest BCUT2D eigenvalue weighted by molar-refractivity contribution is 0.589.